The maximum Gasteiger partial charge on any atom is 0.223 e. The SMILES string of the molecule is CCCCC(=O)NC1(c2noc(C)n2)CCCC1. The van der Waals surface area contributed by atoms with Crippen LogP contribution in [-0.2, 0) is 10.3 Å². The molecule has 0 bridgehead atoms. The minimum atomic E-state index is -0.386. The summed E-state index contributed by atoms with van der Waals surface area (Å²) in [7, 11) is 0. The molecule has 1 aromatic heterocycles. The Hall–Kier alpha value is -1.39. The molecule has 0 atom stereocenters. The first kappa shape index (κ1) is 13.1. The predicted octanol–water partition coefficient (Wildman–Crippen LogP) is 2.45. The fraction of sp³-hybridized carbons (Fsp3) is 0.769. The van der Waals surface area contributed by atoms with E-state index in [1.54, 1.807) is 6.92 Å². The van der Waals surface area contributed by atoms with Crippen molar-refractivity contribution in [1.82, 2.24) is 15.5 Å². The molecule has 100 valence electrons. The van der Waals surface area contributed by atoms with Crippen molar-refractivity contribution < 1.29 is 9.32 Å². The molecule has 1 N–H and O–H groups in total. The molecule has 1 aliphatic rings. The van der Waals surface area contributed by atoms with E-state index in [0.717, 1.165) is 38.5 Å². The van der Waals surface area contributed by atoms with Crippen LogP contribution in [-0.4, -0.2) is 16.0 Å². The monoisotopic (exact) mass is 251 g/mol. The molecule has 1 aromatic rings. The molecule has 18 heavy (non-hydrogen) atoms. The molecule has 0 unspecified atom stereocenters. The molecule has 0 spiro atoms. The van der Waals surface area contributed by atoms with E-state index in [2.05, 4.69) is 22.4 Å². The normalized spacial score (nSPS) is 17.9. The van der Waals surface area contributed by atoms with E-state index in [-0.39, 0.29) is 11.4 Å². The van der Waals surface area contributed by atoms with Crippen molar-refractivity contribution in [3.8, 4) is 0 Å². The summed E-state index contributed by atoms with van der Waals surface area (Å²) in [5.74, 6) is 1.29. The number of carbonyl (C=O) groups is 1. The fourth-order valence-corrected chi connectivity index (χ4v) is 2.54. The molecule has 1 fully saturated rings. The second-order valence-electron chi connectivity index (χ2n) is 5.08. The molecule has 1 aliphatic carbocycles. The topological polar surface area (TPSA) is 68.0 Å². The van der Waals surface area contributed by atoms with Crippen molar-refractivity contribution in [2.45, 2.75) is 64.3 Å². The second kappa shape index (κ2) is 5.50. The summed E-state index contributed by atoms with van der Waals surface area (Å²) in [4.78, 5) is 16.3. The van der Waals surface area contributed by atoms with E-state index in [0.29, 0.717) is 18.1 Å². The Morgan fingerprint density at radius 3 is 2.72 bits per heavy atom. The average Bonchev–Trinajstić information content (AvgIpc) is 2.96. The van der Waals surface area contributed by atoms with Crippen molar-refractivity contribution in [3.05, 3.63) is 11.7 Å². The molecule has 1 heterocycles. The Kier molecular flexibility index (Phi) is 3.99. The summed E-state index contributed by atoms with van der Waals surface area (Å²) in [6.45, 7) is 3.86. The summed E-state index contributed by atoms with van der Waals surface area (Å²) >= 11 is 0. The average molecular weight is 251 g/mol. The van der Waals surface area contributed by atoms with Crippen LogP contribution >= 0.6 is 0 Å². The number of rotatable bonds is 5. The lowest BCUT2D eigenvalue weighted by molar-refractivity contribution is -0.123. The predicted molar refractivity (Wildman–Crippen MR) is 66.8 cm³/mol. The number of nitrogens with one attached hydrogen (secondary N) is 1. The maximum absolute atomic E-state index is 11.9. The van der Waals surface area contributed by atoms with Crippen LogP contribution in [0.2, 0.25) is 0 Å². The highest BCUT2D eigenvalue weighted by atomic mass is 16.5. The fourth-order valence-electron chi connectivity index (χ4n) is 2.54. The molecule has 1 saturated carbocycles. The first-order valence-corrected chi connectivity index (χ1v) is 6.78. The van der Waals surface area contributed by atoms with Crippen molar-refractivity contribution >= 4 is 5.91 Å². The number of carbonyl (C=O) groups excluding carboxylic acids is 1. The molecular formula is C13H21N3O2. The third kappa shape index (κ3) is 2.71. The van der Waals surface area contributed by atoms with Gasteiger partial charge in [0.15, 0.2) is 5.82 Å². The number of aryl methyl sites for hydroxylation is 1. The molecule has 5 nitrogen and oxygen atoms in total. The number of unbranched alkanes of at least 4 members (excludes halogenated alkanes) is 1. The lowest BCUT2D eigenvalue weighted by Gasteiger charge is -2.26. The van der Waals surface area contributed by atoms with E-state index in [1.807, 2.05) is 0 Å². The Morgan fingerprint density at radius 2 is 2.17 bits per heavy atom. The standard InChI is InChI=1S/C13H21N3O2/c1-3-4-7-11(17)15-13(8-5-6-9-13)12-14-10(2)18-16-12/h3-9H2,1-2H3,(H,15,17). The van der Waals surface area contributed by atoms with E-state index in [1.165, 1.54) is 0 Å². The maximum atomic E-state index is 11.9. The highest BCUT2D eigenvalue weighted by molar-refractivity contribution is 5.76. The van der Waals surface area contributed by atoms with Crippen LogP contribution in [0.3, 0.4) is 0 Å². The van der Waals surface area contributed by atoms with E-state index >= 15 is 0 Å². The number of aromatic nitrogens is 2. The van der Waals surface area contributed by atoms with Crippen molar-refractivity contribution in [2.24, 2.45) is 0 Å². The molecule has 2 rings (SSSR count). The lowest BCUT2D eigenvalue weighted by Crippen LogP contribution is -2.44. The highest BCUT2D eigenvalue weighted by Crippen LogP contribution is 2.37. The number of hydrogen-bond acceptors (Lipinski definition) is 4. The van der Waals surface area contributed by atoms with Gasteiger partial charge in [0.1, 0.15) is 5.54 Å². The zero-order chi connectivity index (χ0) is 13.0. The molecule has 0 aromatic carbocycles. The Balaban J connectivity index is 2.10. The van der Waals surface area contributed by atoms with Crippen molar-refractivity contribution in [1.29, 1.82) is 0 Å². The summed E-state index contributed by atoms with van der Waals surface area (Å²) in [5, 5.41) is 7.14. The largest absolute Gasteiger partial charge is 0.343 e. The number of amides is 1. The van der Waals surface area contributed by atoms with Gasteiger partial charge >= 0.3 is 0 Å². The minimum Gasteiger partial charge on any atom is -0.343 e. The molecule has 1 amide bonds. The van der Waals surface area contributed by atoms with Gasteiger partial charge < -0.3 is 9.84 Å². The van der Waals surface area contributed by atoms with E-state index in [9.17, 15) is 4.79 Å². The summed E-state index contributed by atoms with van der Waals surface area (Å²) in [5.41, 5.74) is -0.386. The summed E-state index contributed by atoms with van der Waals surface area (Å²) in [6, 6.07) is 0. The zero-order valence-corrected chi connectivity index (χ0v) is 11.2. The van der Waals surface area contributed by atoms with E-state index in [4.69, 9.17) is 4.52 Å². The number of hydrogen-bond donors (Lipinski definition) is 1. The van der Waals surface area contributed by atoms with Gasteiger partial charge in [-0.25, -0.2) is 0 Å². The van der Waals surface area contributed by atoms with Gasteiger partial charge in [-0.05, 0) is 19.3 Å². The van der Waals surface area contributed by atoms with Gasteiger partial charge in [0.25, 0.3) is 0 Å². The Bertz CT molecular complexity index is 408. The van der Waals surface area contributed by atoms with Gasteiger partial charge in [-0.1, -0.05) is 31.3 Å². The van der Waals surface area contributed by atoms with Gasteiger partial charge in [0.2, 0.25) is 11.8 Å². The van der Waals surface area contributed by atoms with Gasteiger partial charge in [-0.2, -0.15) is 4.98 Å². The zero-order valence-electron chi connectivity index (χ0n) is 11.2. The molecule has 0 saturated heterocycles. The van der Waals surface area contributed by atoms with Gasteiger partial charge in [-0.15, -0.1) is 0 Å². The quantitative estimate of drug-likeness (QED) is 0.872. The first-order valence-electron chi connectivity index (χ1n) is 6.78. The lowest BCUT2D eigenvalue weighted by atomic mass is 9.96. The molecule has 5 heteroatoms. The van der Waals surface area contributed by atoms with Crippen LogP contribution in [0.25, 0.3) is 0 Å². The van der Waals surface area contributed by atoms with Crippen LogP contribution in [0.4, 0.5) is 0 Å². The van der Waals surface area contributed by atoms with Crippen LogP contribution in [0, 0.1) is 6.92 Å². The smallest absolute Gasteiger partial charge is 0.223 e. The summed E-state index contributed by atoms with van der Waals surface area (Å²) in [6.07, 6.45) is 6.54. The third-order valence-electron chi connectivity index (χ3n) is 3.55. The van der Waals surface area contributed by atoms with Gasteiger partial charge in [-0.3, -0.25) is 4.79 Å². The van der Waals surface area contributed by atoms with Crippen LogP contribution in [0.5, 0.6) is 0 Å². The third-order valence-corrected chi connectivity index (χ3v) is 3.55. The van der Waals surface area contributed by atoms with Crippen LogP contribution < -0.4 is 5.32 Å². The Labute approximate surface area is 107 Å². The van der Waals surface area contributed by atoms with Gasteiger partial charge in [0, 0.05) is 13.3 Å². The van der Waals surface area contributed by atoms with Gasteiger partial charge in [0.05, 0.1) is 0 Å². The Morgan fingerprint density at radius 1 is 1.44 bits per heavy atom. The van der Waals surface area contributed by atoms with Crippen LogP contribution in [0.15, 0.2) is 4.52 Å². The minimum absolute atomic E-state index is 0.0983. The number of nitrogens with zero attached hydrogens (tertiary/aromatic N) is 2. The molecular weight excluding hydrogens is 230 g/mol. The van der Waals surface area contributed by atoms with Crippen molar-refractivity contribution in [3.63, 3.8) is 0 Å². The second-order valence-corrected chi connectivity index (χ2v) is 5.08. The van der Waals surface area contributed by atoms with Crippen molar-refractivity contribution in [2.75, 3.05) is 0 Å². The first-order chi connectivity index (χ1) is 8.66. The highest BCUT2D eigenvalue weighted by Gasteiger charge is 2.40. The summed E-state index contributed by atoms with van der Waals surface area (Å²) < 4.78 is 5.05. The van der Waals surface area contributed by atoms with Crippen LogP contribution in [0.1, 0.15) is 63.6 Å². The van der Waals surface area contributed by atoms with E-state index < -0.39 is 0 Å². The molecule has 0 aliphatic heterocycles. The molecule has 0 radical (unpaired) electrons.